The van der Waals surface area contributed by atoms with E-state index in [0.29, 0.717) is 24.5 Å². The molecule has 0 unspecified atom stereocenters. The highest BCUT2D eigenvalue weighted by Gasteiger charge is 2.07. The van der Waals surface area contributed by atoms with Crippen LogP contribution < -0.4 is 15.4 Å². The molecule has 172 valence electrons. The number of carbonyl (C=O) groups is 2. The summed E-state index contributed by atoms with van der Waals surface area (Å²) in [6, 6.07) is 24.5. The van der Waals surface area contributed by atoms with Crippen molar-refractivity contribution in [2.75, 3.05) is 30.4 Å². The molecular weight excluding hydrogens is 416 g/mol. The van der Waals surface area contributed by atoms with E-state index in [0.717, 1.165) is 30.7 Å². The maximum atomic E-state index is 12.2. The van der Waals surface area contributed by atoms with Crippen LogP contribution in [0.1, 0.15) is 35.7 Å². The summed E-state index contributed by atoms with van der Waals surface area (Å²) in [6.45, 7) is 3.10. The van der Waals surface area contributed by atoms with E-state index < -0.39 is 0 Å². The van der Waals surface area contributed by atoms with Crippen molar-refractivity contribution in [2.24, 2.45) is 0 Å². The van der Waals surface area contributed by atoms with Crippen LogP contribution in [0.5, 0.6) is 5.75 Å². The molecule has 0 heterocycles. The van der Waals surface area contributed by atoms with Crippen molar-refractivity contribution in [3.8, 4) is 5.75 Å². The lowest BCUT2D eigenvalue weighted by atomic mass is 10.1. The molecule has 1 amide bonds. The quantitative estimate of drug-likeness (QED) is 0.291. The van der Waals surface area contributed by atoms with Gasteiger partial charge in [0.1, 0.15) is 5.75 Å². The van der Waals surface area contributed by atoms with Crippen LogP contribution >= 0.6 is 0 Å². The minimum Gasteiger partial charge on any atom is -0.494 e. The molecule has 0 aliphatic carbocycles. The zero-order valence-electron chi connectivity index (χ0n) is 18.9. The average Bonchev–Trinajstić information content (AvgIpc) is 2.86. The molecule has 0 atom stereocenters. The monoisotopic (exact) mass is 446 g/mol. The second-order valence-corrected chi connectivity index (χ2v) is 7.58. The lowest BCUT2D eigenvalue weighted by molar-refractivity contribution is -0.114. The van der Waals surface area contributed by atoms with Crippen molar-refractivity contribution in [3.05, 3.63) is 90.0 Å². The fraction of sp³-hybridized carbons (Fsp3) is 0.259. The van der Waals surface area contributed by atoms with Crippen LogP contribution in [0.15, 0.2) is 78.9 Å². The van der Waals surface area contributed by atoms with Gasteiger partial charge in [0.05, 0.1) is 25.3 Å². The molecule has 0 aromatic heterocycles. The van der Waals surface area contributed by atoms with Crippen LogP contribution in [0.4, 0.5) is 11.4 Å². The highest BCUT2D eigenvalue weighted by atomic mass is 16.5. The molecule has 0 aliphatic rings. The van der Waals surface area contributed by atoms with Crippen molar-refractivity contribution >= 4 is 23.3 Å². The molecule has 0 saturated carbocycles. The largest absolute Gasteiger partial charge is 0.494 e. The molecule has 0 bridgehead atoms. The second kappa shape index (κ2) is 12.9. The van der Waals surface area contributed by atoms with Gasteiger partial charge in [-0.1, -0.05) is 37.3 Å². The molecule has 0 spiro atoms. The van der Waals surface area contributed by atoms with Gasteiger partial charge in [0.15, 0.2) is 0 Å². The topological polar surface area (TPSA) is 76.7 Å². The van der Waals surface area contributed by atoms with Crippen LogP contribution in [-0.2, 0) is 16.0 Å². The number of nitrogens with one attached hydrogen (secondary N) is 2. The summed E-state index contributed by atoms with van der Waals surface area (Å²) >= 11 is 0. The van der Waals surface area contributed by atoms with Crippen molar-refractivity contribution in [1.82, 2.24) is 0 Å². The highest BCUT2D eigenvalue weighted by Crippen LogP contribution is 2.16. The third-order valence-corrected chi connectivity index (χ3v) is 4.87. The van der Waals surface area contributed by atoms with Crippen molar-refractivity contribution < 1.29 is 19.1 Å². The number of rotatable bonds is 12. The third-order valence-electron chi connectivity index (χ3n) is 4.87. The number of benzene rings is 3. The summed E-state index contributed by atoms with van der Waals surface area (Å²) in [5, 5.41) is 5.89. The molecule has 0 fully saturated rings. The standard InChI is InChI=1S/C27H30N2O4/c1-2-18-33-27(31)22-10-12-23(13-11-22)28-20-26(30)29-24-14-16-25(17-15-24)32-19-6-9-21-7-4-3-5-8-21/h3-5,7-8,10-17,28H,2,6,9,18-20H2,1H3,(H,29,30). The maximum Gasteiger partial charge on any atom is 0.338 e. The number of carbonyl (C=O) groups excluding carboxylic acids is 2. The van der Waals surface area contributed by atoms with E-state index >= 15 is 0 Å². The molecule has 3 rings (SSSR count). The van der Waals surface area contributed by atoms with E-state index in [9.17, 15) is 9.59 Å². The van der Waals surface area contributed by atoms with Gasteiger partial charge < -0.3 is 20.1 Å². The maximum absolute atomic E-state index is 12.2. The van der Waals surface area contributed by atoms with Gasteiger partial charge in [0, 0.05) is 11.4 Å². The number of amides is 1. The van der Waals surface area contributed by atoms with Gasteiger partial charge in [-0.25, -0.2) is 4.79 Å². The lowest BCUT2D eigenvalue weighted by Gasteiger charge is -2.10. The molecule has 3 aromatic carbocycles. The minimum absolute atomic E-state index is 0.108. The van der Waals surface area contributed by atoms with Gasteiger partial charge in [0.25, 0.3) is 0 Å². The lowest BCUT2D eigenvalue weighted by Crippen LogP contribution is -2.21. The van der Waals surface area contributed by atoms with Crippen molar-refractivity contribution in [1.29, 1.82) is 0 Å². The van der Waals surface area contributed by atoms with Crippen LogP contribution in [0.3, 0.4) is 0 Å². The Kier molecular flexibility index (Phi) is 9.33. The molecular formula is C27H30N2O4. The fourth-order valence-corrected chi connectivity index (χ4v) is 3.14. The van der Waals surface area contributed by atoms with E-state index in [-0.39, 0.29) is 18.4 Å². The number of esters is 1. The first-order valence-electron chi connectivity index (χ1n) is 11.2. The van der Waals surface area contributed by atoms with E-state index in [1.807, 2.05) is 49.4 Å². The Labute approximate surface area is 194 Å². The Balaban J connectivity index is 1.36. The first kappa shape index (κ1) is 23.9. The normalized spacial score (nSPS) is 10.3. The zero-order valence-corrected chi connectivity index (χ0v) is 18.9. The van der Waals surface area contributed by atoms with Crippen LogP contribution in [0, 0.1) is 0 Å². The first-order valence-corrected chi connectivity index (χ1v) is 11.2. The summed E-state index contributed by atoms with van der Waals surface area (Å²) in [4.78, 5) is 24.1. The molecule has 2 N–H and O–H groups in total. The van der Waals surface area contributed by atoms with Gasteiger partial charge in [-0.2, -0.15) is 0 Å². The summed E-state index contributed by atoms with van der Waals surface area (Å²) in [5.74, 6) is 0.263. The minimum atomic E-state index is -0.343. The Hall–Kier alpha value is -3.80. The highest BCUT2D eigenvalue weighted by molar-refractivity contribution is 5.94. The smallest absolute Gasteiger partial charge is 0.338 e. The van der Waals surface area contributed by atoms with E-state index in [1.54, 1.807) is 24.3 Å². The summed E-state index contributed by atoms with van der Waals surface area (Å²) in [5.41, 5.74) is 3.24. The Morgan fingerprint density at radius 1 is 0.818 bits per heavy atom. The average molecular weight is 447 g/mol. The van der Waals surface area contributed by atoms with Gasteiger partial charge in [-0.05, 0) is 73.4 Å². The van der Waals surface area contributed by atoms with Crippen LogP contribution in [0.25, 0.3) is 0 Å². The molecule has 0 saturated heterocycles. The predicted octanol–water partition coefficient (Wildman–Crippen LogP) is 5.32. The molecule has 33 heavy (non-hydrogen) atoms. The number of hydrogen-bond donors (Lipinski definition) is 2. The number of aryl methyl sites for hydroxylation is 1. The van der Waals surface area contributed by atoms with Gasteiger partial charge in [-0.3, -0.25) is 4.79 Å². The van der Waals surface area contributed by atoms with Crippen LogP contribution in [-0.4, -0.2) is 31.6 Å². The summed E-state index contributed by atoms with van der Waals surface area (Å²) in [6.07, 6.45) is 2.70. The van der Waals surface area contributed by atoms with E-state index in [2.05, 4.69) is 22.8 Å². The Morgan fingerprint density at radius 2 is 1.52 bits per heavy atom. The predicted molar refractivity (Wildman–Crippen MR) is 131 cm³/mol. The fourth-order valence-electron chi connectivity index (χ4n) is 3.14. The van der Waals surface area contributed by atoms with E-state index in [1.165, 1.54) is 5.56 Å². The SMILES string of the molecule is CCCOC(=O)c1ccc(NCC(=O)Nc2ccc(OCCCc3ccccc3)cc2)cc1. The van der Waals surface area contributed by atoms with Crippen molar-refractivity contribution in [2.45, 2.75) is 26.2 Å². The Bertz CT molecular complexity index is 1000. The molecule has 6 heteroatoms. The van der Waals surface area contributed by atoms with Gasteiger partial charge in [-0.15, -0.1) is 0 Å². The molecule has 6 nitrogen and oxygen atoms in total. The second-order valence-electron chi connectivity index (χ2n) is 7.58. The van der Waals surface area contributed by atoms with Gasteiger partial charge >= 0.3 is 5.97 Å². The third kappa shape index (κ3) is 8.33. The van der Waals surface area contributed by atoms with Crippen molar-refractivity contribution in [3.63, 3.8) is 0 Å². The summed E-state index contributed by atoms with van der Waals surface area (Å²) in [7, 11) is 0. The summed E-state index contributed by atoms with van der Waals surface area (Å²) < 4.78 is 10.9. The zero-order chi connectivity index (χ0) is 23.3. The molecule has 3 aromatic rings. The number of hydrogen-bond acceptors (Lipinski definition) is 5. The number of anilines is 2. The first-order chi connectivity index (χ1) is 16.1. The molecule has 0 radical (unpaired) electrons. The van der Waals surface area contributed by atoms with Crippen LogP contribution in [0.2, 0.25) is 0 Å². The van der Waals surface area contributed by atoms with Gasteiger partial charge in [0.2, 0.25) is 5.91 Å². The number of ether oxygens (including phenoxy) is 2. The molecule has 0 aliphatic heterocycles. The Morgan fingerprint density at radius 3 is 2.21 bits per heavy atom. The van der Waals surface area contributed by atoms with E-state index in [4.69, 9.17) is 9.47 Å².